The van der Waals surface area contributed by atoms with Gasteiger partial charge in [-0.05, 0) is 34.9 Å². The third kappa shape index (κ3) is 2.36. The molecule has 0 bridgehead atoms. The van der Waals surface area contributed by atoms with Crippen LogP contribution < -0.4 is 11.3 Å². The minimum atomic E-state index is -0.0258. The summed E-state index contributed by atoms with van der Waals surface area (Å²) in [5, 5.41) is 3.64. The molecule has 0 aliphatic carbocycles. The minimum absolute atomic E-state index is 0.0160. The molecule has 0 aliphatic heterocycles. The van der Waals surface area contributed by atoms with Crippen molar-refractivity contribution in [2.24, 2.45) is 5.92 Å². The first-order valence-electron chi connectivity index (χ1n) is 7.02. The summed E-state index contributed by atoms with van der Waals surface area (Å²) in [5.74, 6) is 0.801. The Kier molecular flexibility index (Phi) is 3.55. The molecule has 3 aromatic rings. The number of hydrogen-bond acceptors (Lipinski definition) is 3. The highest BCUT2D eigenvalue weighted by molar-refractivity contribution is 7.10. The average molecular weight is 298 g/mol. The largest absolute Gasteiger partial charge is 0.385 e. The van der Waals surface area contributed by atoms with Gasteiger partial charge in [-0.15, -0.1) is 11.3 Å². The highest BCUT2D eigenvalue weighted by Crippen LogP contribution is 2.31. The Bertz CT molecular complexity index is 818. The third-order valence-electron chi connectivity index (χ3n) is 3.74. The number of benzene rings is 1. The number of nitrogens with zero attached hydrogens (tertiary/aromatic N) is 1. The summed E-state index contributed by atoms with van der Waals surface area (Å²) in [4.78, 5) is 14.0. The van der Waals surface area contributed by atoms with Crippen molar-refractivity contribution < 1.29 is 0 Å². The van der Waals surface area contributed by atoms with E-state index in [4.69, 9.17) is 5.73 Å². The van der Waals surface area contributed by atoms with Crippen LogP contribution >= 0.6 is 11.3 Å². The zero-order chi connectivity index (χ0) is 15.0. The van der Waals surface area contributed by atoms with Crippen LogP contribution in [0.4, 0.5) is 5.82 Å². The minimum Gasteiger partial charge on any atom is -0.385 e. The fourth-order valence-corrected chi connectivity index (χ4v) is 3.78. The first-order valence-corrected chi connectivity index (χ1v) is 7.90. The second-order valence-electron chi connectivity index (χ2n) is 5.54. The molecule has 0 radical (unpaired) electrons. The second-order valence-corrected chi connectivity index (χ2v) is 6.52. The molecule has 108 valence electrons. The van der Waals surface area contributed by atoms with E-state index in [1.54, 1.807) is 15.9 Å². The van der Waals surface area contributed by atoms with E-state index in [2.05, 4.69) is 19.9 Å². The van der Waals surface area contributed by atoms with Gasteiger partial charge in [0, 0.05) is 10.3 Å². The van der Waals surface area contributed by atoms with E-state index >= 15 is 0 Å². The van der Waals surface area contributed by atoms with Gasteiger partial charge >= 0.3 is 0 Å². The van der Waals surface area contributed by atoms with Crippen molar-refractivity contribution in [3.05, 3.63) is 63.1 Å². The quantitative estimate of drug-likeness (QED) is 0.797. The number of nitrogens with two attached hydrogens (primary N) is 1. The van der Waals surface area contributed by atoms with Crippen LogP contribution in [-0.2, 0) is 0 Å². The van der Waals surface area contributed by atoms with Gasteiger partial charge in [0.05, 0.1) is 6.04 Å². The molecule has 2 aromatic heterocycles. The van der Waals surface area contributed by atoms with Gasteiger partial charge in [-0.3, -0.25) is 9.36 Å². The summed E-state index contributed by atoms with van der Waals surface area (Å²) < 4.78 is 1.73. The molecule has 2 heterocycles. The summed E-state index contributed by atoms with van der Waals surface area (Å²) >= 11 is 1.66. The summed E-state index contributed by atoms with van der Waals surface area (Å²) in [7, 11) is 0. The van der Waals surface area contributed by atoms with Crippen LogP contribution in [0.1, 0.15) is 24.8 Å². The van der Waals surface area contributed by atoms with Gasteiger partial charge in [0.2, 0.25) is 0 Å². The third-order valence-corrected chi connectivity index (χ3v) is 4.68. The first-order chi connectivity index (χ1) is 10.1. The van der Waals surface area contributed by atoms with E-state index in [9.17, 15) is 4.79 Å². The Balaban J connectivity index is 2.30. The standard InChI is InChI=1S/C17H18N2OS/c1-11(2)16(14-8-5-9-21-14)19-15(18)10-12-6-3-4-7-13(12)17(19)20/h3-11,16H,18H2,1-2H3. The van der Waals surface area contributed by atoms with E-state index in [0.717, 1.165) is 10.3 Å². The normalized spacial score (nSPS) is 12.9. The van der Waals surface area contributed by atoms with Gasteiger partial charge in [0.1, 0.15) is 5.82 Å². The van der Waals surface area contributed by atoms with Crippen LogP contribution in [0.25, 0.3) is 10.8 Å². The van der Waals surface area contributed by atoms with E-state index in [1.807, 2.05) is 41.8 Å². The number of aromatic nitrogens is 1. The predicted octanol–water partition coefficient (Wildman–Crippen LogP) is 3.89. The van der Waals surface area contributed by atoms with Gasteiger partial charge < -0.3 is 5.73 Å². The van der Waals surface area contributed by atoms with Gasteiger partial charge in [-0.1, -0.05) is 38.1 Å². The molecule has 4 heteroatoms. The number of rotatable bonds is 3. The molecule has 21 heavy (non-hydrogen) atoms. The van der Waals surface area contributed by atoms with Crippen LogP contribution in [0.3, 0.4) is 0 Å². The van der Waals surface area contributed by atoms with E-state index in [-0.39, 0.29) is 17.5 Å². The van der Waals surface area contributed by atoms with E-state index < -0.39 is 0 Å². The number of thiophene rings is 1. The maximum atomic E-state index is 12.9. The molecule has 0 aliphatic rings. The summed E-state index contributed by atoms with van der Waals surface area (Å²) in [5.41, 5.74) is 6.18. The van der Waals surface area contributed by atoms with Gasteiger partial charge in [0.15, 0.2) is 0 Å². The summed E-state index contributed by atoms with van der Waals surface area (Å²) in [6, 6.07) is 13.5. The molecule has 1 unspecified atom stereocenters. The fourth-order valence-electron chi connectivity index (χ4n) is 2.79. The van der Waals surface area contributed by atoms with Gasteiger partial charge in [0.25, 0.3) is 5.56 Å². The monoisotopic (exact) mass is 298 g/mol. The summed E-state index contributed by atoms with van der Waals surface area (Å²) in [6.07, 6.45) is 0. The Morgan fingerprint density at radius 3 is 2.57 bits per heavy atom. The molecule has 0 saturated carbocycles. The molecule has 2 N–H and O–H groups in total. The lowest BCUT2D eigenvalue weighted by atomic mass is 10.0. The molecule has 0 saturated heterocycles. The van der Waals surface area contributed by atoms with Gasteiger partial charge in [-0.25, -0.2) is 0 Å². The Labute approximate surface area is 127 Å². The van der Waals surface area contributed by atoms with Crippen LogP contribution in [0.15, 0.2) is 52.6 Å². The Morgan fingerprint density at radius 2 is 1.90 bits per heavy atom. The van der Waals surface area contributed by atoms with Crippen LogP contribution in [-0.4, -0.2) is 4.57 Å². The fraction of sp³-hybridized carbons (Fsp3) is 0.235. The summed E-state index contributed by atoms with van der Waals surface area (Å²) in [6.45, 7) is 4.23. The lowest BCUT2D eigenvalue weighted by molar-refractivity contribution is 0.439. The topological polar surface area (TPSA) is 48.0 Å². The van der Waals surface area contributed by atoms with Gasteiger partial charge in [-0.2, -0.15) is 0 Å². The van der Waals surface area contributed by atoms with E-state index in [1.165, 1.54) is 0 Å². The molecule has 0 amide bonds. The van der Waals surface area contributed by atoms with Crippen LogP contribution in [0.2, 0.25) is 0 Å². The average Bonchev–Trinajstić information content (AvgIpc) is 2.96. The van der Waals surface area contributed by atoms with Crippen molar-refractivity contribution in [1.82, 2.24) is 4.57 Å². The number of pyridine rings is 1. The number of fused-ring (bicyclic) bond motifs is 1. The van der Waals surface area contributed by atoms with Crippen LogP contribution in [0.5, 0.6) is 0 Å². The highest BCUT2D eigenvalue weighted by atomic mass is 32.1. The van der Waals surface area contributed by atoms with Crippen LogP contribution in [0, 0.1) is 5.92 Å². The zero-order valence-electron chi connectivity index (χ0n) is 12.1. The highest BCUT2D eigenvalue weighted by Gasteiger charge is 2.22. The van der Waals surface area contributed by atoms with Crippen molar-refractivity contribution in [2.75, 3.05) is 5.73 Å². The molecule has 1 aromatic carbocycles. The molecular weight excluding hydrogens is 280 g/mol. The maximum Gasteiger partial charge on any atom is 0.260 e. The molecule has 1 atom stereocenters. The maximum absolute atomic E-state index is 12.9. The molecule has 0 fully saturated rings. The van der Waals surface area contributed by atoms with Crippen molar-refractivity contribution >= 4 is 27.9 Å². The molecule has 3 rings (SSSR count). The van der Waals surface area contributed by atoms with E-state index in [0.29, 0.717) is 11.2 Å². The predicted molar refractivity (Wildman–Crippen MR) is 89.9 cm³/mol. The number of hydrogen-bond donors (Lipinski definition) is 1. The zero-order valence-corrected chi connectivity index (χ0v) is 12.9. The van der Waals surface area contributed by atoms with Crippen molar-refractivity contribution in [2.45, 2.75) is 19.9 Å². The lowest BCUT2D eigenvalue weighted by Gasteiger charge is -2.24. The Morgan fingerprint density at radius 1 is 1.14 bits per heavy atom. The lowest BCUT2D eigenvalue weighted by Crippen LogP contribution is -2.30. The first kappa shape index (κ1) is 13.9. The van der Waals surface area contributed by atoms with Crippen molar-refractivity contribution in [3.63, 3.8) is 0 Å². The smallest absolute Gasteiger partial charge is 0.260 e. The second kappa shape index (κ2) is 5.37. The van der Waals surface area contributed by atoms with Crippen molar-refractivity contribution in [1.29, 1.82) is 0 Å². The SMILES string of the molecule is CC(C)C(c1cccs1)n1c(N)cc2ccccc2c1=O. The Hall–Kier alpha value is -2.07. The number of anilines is 1. The van der Waals surface area contributed by atoms with Crippen molar-refractivity contribution in [3.8, 4) is 0 Å². The molecular formula is C17H18N2OS. The number of nitrogen functional groups attached to an aromatic ring is 1. The molecule has 0 spiro atoms. The molecule has 3 nitrogen and oxygen atoms in total.